The highest BCUT2D eigenvalue weighted by molar-refractivity contribution is 6.18. The molecule has 0 N–H and O–H groups in total. The summed E-state index contributed by atoms with van der Waals surface area (Å²) in [6.07, 6.45) is 0.878. The van der Waals surface area contributed by atoms with Gasteiger partial charge in [0, 0.05) is 28.8 Å². The quantitative estimate of drug-likeness (QED) is 0.513. The maximum absolute atomic E-state index is 13.5. The van der Waals surface area contributed by atoms with E-state index in [9.17, 15) is 9.59 Å². The topological polar surface area (TPSA) is 85.2 Å². The zero-order valence-corrected chi connectivity index (χ0v) is 19.3. The highest BCUT2D eigenvalue weighted by Crippen LogP contribution is 2.39. The van der Waals surface area contributed by atoms with Gasteiger partial charge in [-0.25, -0.2) is 4.79 Å². The van der Waals surface area contributed by atoms with E-state index >= 15 is 0 Å². The van der Waals surface area contributed by atoms with Crippen LogP contribution in [0.1, 0.15) is 36.7 Å². The molecule has 0 atom stereocenters. The van der Waals surface area contributed by atoms with Crippen LogP contribution in [0, 0.1) is 0 Å². The highest BCUT2D eigenvalue weighted by Gasteiger charge is 2.25. The van der Waals surface area contributed by atoms with Crippen molar-refractivity contribution in [2.75, 3.05) is 28.4 Å². The number of hydrogen-bond donors (Lipinski definition) is 0. The van der Waals surface area contributed by atoms with Crippen LogP contribution in [-0.2, 0) is 4.74 Å². The second kappa shape index (κ2) is 8.82. The van der Waals surface area contributed by atoms with Crippen LogP contribution in [0.2, 0.25) is 0 Å². The molecular formula is C24H27NO7. The van der Waals surface area contributed by atoms with Gasteiger partial charge in [-0.15, -0.1) is 0 Å². The Kier molecular flexibility index (Phi) is 6.34. The number of ether oxygens (including phenoxy) is 5. The molecule has 3 rings (SSSR count). The van der Waals surface area contributed by atoms with Crippen molar-refractivity contribution in [1.29, 1.82) is 0 Å². The highest BCUT2D eigenvalue weighted by atomic mass is 16.6. The molecule has 0 aliphatic rings. The standard InChI is InChI=1S/C24H27NO7/c1-24(2,3)32-23(27)25-13-17(16-9-8-15(28-4)12-18(16)25)21(26)14-10-19(29-5)22(31-7)20(11-14)30-6/h8-13H,1-7H3. The lowest BCUT2D eigenvalue weighted by Gasteiger charge is -2.19. The maximum Gasteiger partial charge on any atom is 0.419 e. The molecule has 2 aromatic carbocycles. The van der Waals surface area contributed by atoms with E-state index in [-0.39, 0.29) is 5.78 Å². The Morgan fingerprint density at radius 2 is 1.47 bits per heavy atom. The Morgan fingerprint density at radius 3 is 1.97 bits per heavy atom. The normalized spacial score (nSPS) is 11.2. The van der Waals surface area contributed by atoms with Crippen molar-refractivity contribution in [3.05, 3.63) is 47.7 Å². The molecule has 3 aromatic rings. The fourth-order valence-electron chi connectivity index (χ4n) is 3.34. The lowest BCUT2D eigenvalue weighted by atomic mass is 10.0. The monoisotopic (exact) mass is 441 g/mol. The minimum Gasteiger partial charge on any atom is -0.497 e. The minimum absolute atomic E-state index is 0.318. The molecule has 8 nitrogen and oxygen atoms in total. The van der Waals surface area contributed by atoms with Gasteiger partial charge in [0.05, 0.1) is 34.0 Å². The lowest BCUT2D eigenvalue weighted by molar-refractivity contribution is 0.0544. The average molecular weight is 441 g/mol. The minimum atomic E-state index is -0.701. The number of hydrogen-bond acceptors (Lipinski definition) is 7. The Morgan fingerprint density at radius 1 is 0.844 bits per heavy atom. The molecule has 1 heterocycles. The van der Waals surface area contributed by atoms with Gasteiger partial charge in [0.2, 0.25) is 5.75 Å². The molecular weight excluding hydrogens is 414 g/mol. The summed E-state index contributed by atoms with van der Waals surface area (Å²) in [5.41, 5.74) is 0.434. The number of fused-ring (bicyclic) bond motifs is 1. The van der Waals surface area contributed by atoms with Crippen LogP contribution in [0.5, 0.6) is 23.0 Å². The first-order valence-electron chi connectivity index (χ1n) is 9.90. The number of carbonyl (C=O) groups excluding carboxylic acids is 2. The van der Waals surface area contributed by atoms with E-state index in [1.165, 1.54) is 39.2 Å². The molecule has 0 saturated carbocycles. The van der Waals surface area contributed by atoms with Crippen molar-refractivity contribution in [1.82, 2.24) is 4.57 Å². The van der Waals surface area contributed by atoms with E-state index in [1.807, 2.05) is 0 Å². The smallest absolute Gasteiger partial charge is 0.419 e. The van der Waals surface area contributed by atoms with E-state index < -0.39 is 11.7 Å². The van der Waals surface area contributed by atoms with E-state index in [2.05, 4.69) is 0 Å². The van der Waals surface area contributed by atoms with Gasteiger partial charge in [0.1, 0.15) is 11.4 Å². The zero-order chi connectivity index (χ0) is 23.6. The molecule has 0 fully saturated rings. The van der Waals surface area contributed by atoms with Crippen molar-refractivity contribution >= 4 is 22.8 Å². The number of rotatable bonds is 6. The van der Waals surface area contributed by atoms with Gasteiger partial charge < -0.3 is 23.7 Å². The van der Waals surface area contributed by atoms with Gasteiger partial charge in [-0.05, 0) is 45.0 Å². The molecule has 0 unspecified atom stereocenters. The Labute approximate surface area is 186 Å². The summed E-state index contributed by atoms with van der Waals surface area (Å²) in [5.74, 6) is 1.32. The third kappa shape index (κ3) is 4.34. The molecule has 0 aliphatic carbocycles. The van der Waals surface area contributed by atoms with Crippen molar-refractivity contribution in [3.63, 3.8) is 0 Å². The summed E-state index contributed by atoms with van der Waals surface area (Å²) >= 11 is 0. The summed E-state index contributed by atoms with van der Waals surface area (Å²) in [5, 5.41) is 0.579. The summed E-state index contributed by atoms with van der Waals surface area (Å²) in [4.78, 5) is 26.4. The molecule has 0 saturated heterocycles. The second-order valence-electron chi connectivity index (χ2n) is 8.02. The molecule has 8 heteroatoms. The van der Waals surface area contributed by atoms with E-state index in [0.717, 1.165) is 0 Å². The first-order valence-corrected chi connectivity index (χ1v) is 9.90. The lowest BCUT2D eigenvalue weighted by Crippen LogP contribution is -2.26. The maximum atomic E-state index is 13.5. The molecule has 0 amide bonds. The average Bonchev–Trinajstić information content (AvgIpc) is 3.15. The van der Waals surface area contributed by atoms with Gasteiger partial charge >= 0.3 is 6.09 Å². The molecule has 0 spiro atoms. The fourth-order valence-corrected chi connectivity index (χ4v) is 3.34. The summed E-state index contributed by atoms with van der Waals surface area (Å²) in [7, 11) is 5.98. The molecule has 32 heavy (non-hydrogen) atoms. The van der Waals surface area contributed by atoms with Gasteiger partial charge in [-0.3, -0.25) is 9.36 Å². The zero-order valence-electron chi connectivity index (χ0n) is 19.3. The van der Waals surface area contributed by atoms with Crippen molar-refractivity contribution < 1.29 is 33.3 Å². The van der Waals surface area contributed by atoms with Gasteiger partial charge in [-0.2, -0.15) is 0 Å². The van der Waals surface area contributed by atoms with Crippen molar-refractivity contribution in [2.45, 2.75) is 26.4 Å². The molecule has 170 valence electrons. The summed E-state index contributed by atoms with van der Waals surface area (Å²) < 4.78 is 28.2. The number of ketones is 1. The van der Waals surface area contributed by atoms with Crippen LogP contribution in [0.4, 0.5) is 4.79 Å². The van der Waals surface area contributed by atoms with Gasteiger partial charge in [0.25, 0.3) is 0 Å². The Bertz CT molecular complexity index is 1150. The molecule has 1 aromatic heterocycles. The Hall–Kier alpha value is -3.68. The van der Waals surface area contributed by atoms with Crippen LogP contribution < -0.4 is 18.9 Å². The molecule has 0 bridgehead atoms. The first kappa shape index (κ1) is 23.0. The SMILES string of the molecule is COc1ccc2c(C(=O)c3cc(OC)c(OC)c(OC)c3)cn(C(=O)OC(C)(C)C)c2c1. The van der Waals surface area contributed by atoms with Crippen LogP contribution >= 0.6 is 0 Å². The number of benzene rings is 2. The molecule has 0 radical (unpaired) electrons. The predicted molar refractivity (Wildman–Crippen MR) is 120 cm³/mol. The van der Waals surface area contributed by atoms with Crippen LogP contribution in [0.25, 0.3) is 10.9 Å². The second-order valence-corrected chi connectivity index (χ2v) is 8.02. The van der Waals surface area contributed by atoms with Crippen molar-refractivity contribution in [3.8, 4) is 23.0 Å². The van der Waals surface area contributed by atoms with E-state index in [1.54, 1.807) is 51.1 Å². The number of nitrogens with zero attached hydrogens (tertiary/aromatic N) is 1. The predicted octanol–water partition coefficient (Wildman–Crippen LogP) is 4.69. The third-order valence-corrected chi connectivity index (χ3v) is 4.77. The number of methoxy groups -OCH3 is 4. The Balaban J connectivity index is 2.19. The fraction of sp³-hybridized carbons (Fsp3) is 0.333. The third-order valence-electron chi connectivity index (χ3n) is 4.77. The van der Waals surface area contributed by atoms with Crippen molar-refractivity contribution in [2.24, 2.45) is 0 Å². The van der Waals surface area contributed by atoms with Crippen LogP contribution in [-0.4, -0.2) is 50.5 Å². The summed E-state index contributed by atoms with van der Waals surface area (Å²) in [6.45, 7) is 5.33. The number of aromatic nitrogens is 1. The first-order chi connectivity index (χ1) is 15.1. The number of carbonyl (C=O) groups is 2. The van der Waals surface area contributed by atoms with Gasteiger partial charge in [0.15, 0.2) is 17.3 Å². The van der Waals surface area contributed by atoms with Crippen LogP contribution in [0.3, 0.4) is 0 Å². The largest absolute Gasteiger partial charge is 0.497 e. The van der Waals surface area contributed by atoms with Gasteiger partial charge in [-0.1, -0.05) is 0 Å². The summed E-state index contributed by atoms with van der Waals surface area (Å²) in [6, 6.07) is 8.30. The van der Waals surface area contributed by atoms with E-state index in [0.29, 0.717) is 45.0 Å². The molecule has 0 aliphatic heterocycles. The van der Waals surface area contributed by atoms with Crippen LogP contribution in [0.15, 0.2) is 36.5 Å². The van der Waals surface area contributed by atoms with E-state index in [4.69, 9.17) is 23.7 Å².